The minimum atomic E-state index is -0.0142. The number of nitrogens with two attached hydrogens (primary N) is 1. The van der Waals surface area contributed by atoms with Crippen molar-refractivity contribution in [3.8, 4) is 11.8 Å². The van der Waals surface area contributed by atoms with E-state index in [0.29, 0.717) is 6.42 Å². The minimum absolute atomic E-state index is 0.0142. The lowest BCUT2D eigenvalue weighted by atomic mass is 10.00. The van der Waals surface area contributed by atoms with Crippen LogP contribution in [0.15, 0.2) is 18.2 Å². The van der Waals surface area contributed by atoms with Gasteiger partial charge in [0, 0.05) is 17.5 Å². The Morgan fingerprint density at radius 3 is 2.79 bits per heavy atom. The standard InChI is InChI=1S/C12H14ClN/c1-3-4-5-12(14)11-7-6-10(13)8-9(11)2/h6-8,12H,5,14H2,1-2H3. The maximum absolute atomic E-state index is 5.99. The molecule has 1 aromatic rings. The predicted molar refractivity (Wildman–Crippen MR) is 61.2 cm³/mol. The number of benzene rings is 1. The highest BCUT2D eigenvalue weighted by Gasteiger charge is 2.07. The summed E-state index contributed by atoms with van der Waals surface area (Å²) in [6.07, 6.45) is 0.693. The average molecular weight is 208 g/mol. The molecule has 1 rings (SSSR count). The van der Waals surface area contributed by atoms with Gasteiger partial charge in [-0.1, -0.05) is 17.7 Å². The maximum atomic E-state index is 5.99. The molecule has 0 saturated heterocycles. The molecule has 0 amide bonds. The lowest BCUT2D eigenvalue weighted by Crippen LogP contribution is -2.10. The normalized spacial score (nSPS) is 11.7. The van der Waals surface area contributed by atoms with Crippen LogP contribution in [0.25, 0.3) is 0 Å². The largest absolute Gasteiger partial charge is 0.323 e. The summed E-state index contributed by atoms with van der Waals surface area (Å²) in [6.45, 7) is 3.84. The van der Waals surface area contributed by atoms with Crippen LogP contribution in [0.2, 0.25) is 5.02 Å². The van der Waals surface area contributed by atoms with Gasteiger partial charge in [-0.05, 0) is 37.1 Å². The molecule has 1 nitrogen and oxygen atoms in total. The fourth-order valence-corrected chi connectivity index (χ4v) is 1.60. The summed E-state index contributed by atoms with van der Waals surface area (Å²) >= 11 is 5.86. The van der Waals surface area contributed by atoms with Gasteiger partial charge >= 0.3 is 0 Å². The molecule has 0 aliphatic carbocycles. The van der Waals surface area contributed by atoms with Crippen LogP contribution in [0, 0.1) is 18.8 Å². The molecule has 0 saturated carbocycles. The summed E-state index contributed by atoms with van der Waals surface area (Å²) < 4.78 is 0. The fourth-order valence-electron chi connectivity index (χ4n) is 1.38. The maximum Gasteiger partial charge on any atom is 0.0408 e. The van der Waals surface area contributed by atoms with Crippen molar-refractivity contribution >= 4 is 11.6 Å². The zero-order valence-corrected chi connectivity index (χ0v) is 9.23. The molecule has 0 aliphatic heterocycles. The Morgan fingerprint density at radius 2 is 2.21 bits per heavy atom. The Balaban J connectivity index is 2.88. The van der Waals surface area contributed by atoms with Crippen molar-refractivity contribution in [2.24, 2.45) is 5.73 Å². The topological polar surface area (TPSA) is 26.0 Å². The molecule has 0 aromatic heterocycles. The first kappa shape index (κ1) is 11.1. The first-order chi connectivity index (χ1) is 6.65. The van der Waals surface area contributed by atoms with Gasteiger partial charge in [-0.15, -0.1) is 11.8 Å². The number of hydrogen-bond donors (Lipinski definition) is 1. The van der Waals surface area contributed by atoms with E-state index in [0.717, 1.165) is 16.1 Å². The van der Waals surface area contributed by atoms with E-state index in [1.54, 1.807) is 0 Å². The van der Waals surface area contributed by atoms with Crippen LogP contribution >= 0.6 is 11.6 Å². The molecule has 0 fully saturated rings. The molecular formula is C12H14ClN. The van der Waals surface area contributed by atoms with Crippen molar-refractivity contribution in [3.63, 3.8) is 0 Å². The van der Waals surface area contributed by atoms with Crippen LogP contribution in [0.3, 0.4) is 0 Å². The van der Waals surface area contributed by atoms with E-state index < -0.39 is 0 Å². The number of hydrogen-bond acceptors (Lipinski definition) is 1. The highest BCUT2D eigenvalue weighted by atomic mass is 35.5. The predicted octanol–water partition coefficient (Wildman–Crippen LogP) is 3.06. The molecule has 1 unspecified atom stereocenters. The second-order valence-corrected chi connectivity index (χ2v) is 3.67. The smallest absolute Gasteiger partial charge is 0.0408 e. The van der Waals surface area contributed by atoms with Gasteiger partial charge in [0.25, 0.3) is 0 Å². The van der Waals surface area contributed by atoms with Crippen molar-refractivity contribution in [3.05, 3.63) is 34.3 Å². The van der Waals surface area contributed by atoms with Gasteiger partial charge in [-0.3, -0.25) is 0 Å². The molecule has 1 atom stereocenters. The third-order valence-corrected chi connectivity index (χ3v) is 2.37. The molecule has 0 radical (unpaired) electrons. The van der Waals surface area contributed by atoms with Gasteiger partial charge in [0.2, 0.25) is 0 Å². The second-order valence-electron chi connectivity index (χ2n) is 3.24. The fraction of sp³-hybridized carbons (Fsp3) is 0.333. The highest BCUT2D eigenvalue weighted by Crippen LogP contribution is 2.21. The minimum Gasteiger partial charge on any atom is -0.323 e. The van der Waals surface area contributed by atoms with Crippen molar-refractivity contribution in [1.82, 2.24) is 0 Å². The monoisotopic (exact) mass is 207 g/mol. The third-order valence-electron chi connectivity index (χ3n) is 2.13. The van der Waals surface area contributed by atoms with Gasteiger partial charge in [0.15, 0.2) is 0 Å². The molecular weight excluding hydrogens is 194 g/mol. The van der Waals surface area contributed by atoms with Gasteiger partial charge < -0.3 is 5.73 Å². The second kappa shape index (κ2) is 5.05. The van der Waals surface area contributed by atoms with E-state index in [4.69, 9.17) is 17.3 Å². The summed E-state index contributed by atoms with van der Waals surface area (Å²) in [6, 6.07) is 5.75. The molecule has 0 heterocycles. The SMILES string of the molecule is CC#CCC(N)c1ccc(Cl)cc1C. The summed E-state index contributed by atoms with van der Waals surface area (Å²) in [5, 5.41) is 0.750. The molecule has 0 bridgehead atoms. The molecule has 0 aliphatic rings. The first-order valence-electron chi connectivity index (χ1n) is 4.56. The average Bonchev–Trinajstić information content (AvgIpc) is 2.14. The van der Waals surface area contributed by atoms with E-state index >= 15 is 0 Å². The Kier molecular flexibility index (Phi) is 4.00. The molecule has 2 N–H and O–H groups in total. The van der Waals surface area contributed by atoms with E-state index in [-0.39, 0.29) is 6.04 Å². The zero-order valence-electron chi connectivity index (χ0n) is 8.47. The summed E-state index contributed by atoms with van der Waals surface area (Å²) in [4.78, 5) is 0. The van der Waals surface area contributed by atoms with Crippen molar-refractivity contribution < 1.29 is 0 Å². The molecule has 2 heteroatoms. The number of halogens is 1. The Hall–Kier alpha value is -0.970. The number of rotatable bonds is 2. The number of aryl methyl sites for hydroxylation is 1. The van der Waals surface area contributed by atoms with E-state index in [1.165, 1.54) is 0 Å². The van der Waals surface area contributed by atoms with E-state index in [2.05, 4.69) is 11.8 Å². The summed E-state index contributed by atoms with van der Waals surface area (Å²) in [5.41, 5.74) is 8.24. The molecule has 1 aromatic carbocycles. The van der Waals surface area contributed by atoms with E-state index in [1.807, 2.05) is 32.0 Å². The van der Waals surface area contributed by atoms with Crippen LogP contribution < -0.4 is 5.73 Å². The van der Waals surface area contributed by atoms with Crippen LogP contribution in [0.4, 0.5) is 0 Å². The zero-order chi connectivity index (χ0) is 10.6. The third kappa shape index (κ3) is 2.77. The van der Waals surface area contributed by atoms with Gasteiger partial charge in [0.05, 0.1) is 0 Å². The van der Waals surface area contributed by atoms with Crippen LogP contribution in [0.5, 0.6) is 0 Å². The Bertz CT molecular complexity index is 374. The van der Waals surface area contributed by atoms with Crippen LogP contribution in [-0.2, 0) is 0 Å². The quantitative estimate of drug-likeness (QED) is 0.742. The van der Waals surface area contributed by atoms with Gasteiger partial charge in [-0.2, -0.15) is 0 Å². The van der Waals surface area contributed by atoms with E-state index in [9.17, 15) is 0 Å². The molecule has 0 spiro atoms. The Labute approximate surface area is 90.3 Å². The first-order valence-corrected chi connectivity index (χ1v) is 4.94. The highest BCUT2D eigenvalue weighted by molar-refractivity contribution is 6.30. The van der Waals surface area contributed by atoms with Gasteiger partial charge in [-0.25, -0.2) is 0 Å². The molecule has 74 valence electrons. The Morgan fingerprint density at radius 1 is 1.50 bits per heavy atom. The van der Waals surface area contributed by atoms with Crippen LogP contribution in [-0.4, -0.2) is 0 Å². The van der Waals surface area contributed by atoms with Crippen molar-refractivity contribution in [2.75, 3.05) is 0 Å². The summed E-state index contributed by atoms with van der Waals surface area (Å²) in [5.74, 6) is 5.82. The van der Waals surface area contributed by atoms with Crippen molar-refractivity contribution in [1.29, 1.82) is 0 Å². The van der Waals surface area contributed by atoms with Crippen LogP contribution in [0.1, 0.15) is 30.5 Å². The van der Waals surface area contributed by atoms with Gasteiger partial charge in [0.1, 0.15) is 0 Å². The lowest BCUT2D eigenvalue weighted by Gasteiger charge is -2.11. The molecule has 14 heavy (non-hydrogen) atoms. The summed E-state index contributed by atoms with van der Waals surface area (Å²) in [7, 11) is 0. The van der Waals surface area contributed by atoms with Crippen molar-refractivity contribution in [2.45, 2.75) is 26.3 Å². The lowest BCUT2D eigenvalue weighted by molar-refractivity contribution is 0.748.